The van der Waals surface area contributed by atoms with Crippen LogP contribution in [0.4, 0.5) is 4.79 Å². The average molecular weight is 311 g/mol. The Balaban J connectivity index is 2.62. The smallest absolute Gasteiger partial charge is 0.407 e. The molecule has 0 unspecified atom stereocenters. The van der Waals surface area contributed by atoms with Crippen molar-refractivity contribution < 1.29 is 14.3 Å². The number of nitrogens with one attached hydrogen (secondary N) is 1. The standard InChI is InChI=1S/C16H29N3O3/c1-16(2,3)22-15(21)18-13-9-11(7-8-12(13)17-4)10-14(20)19(5)6/h11-13H,4,7-10H2,1-3,5-6H3,(H,18,21)/t11-,12-,13+/m0/s1. The van der Waals surface area contributed by atoms with Crippen molar-refractivity contribution >= 4 is 18.7 Å². The van der Waals surface area contributed by atoms with Crippen LogP contribution in [0, 0.1) is 5.92 Å². The second kappa shape index (κ2) is 7.61. The van der Waals surface area contributed by atoms with Crippen LogP contribution < -0.4 is 5.32 Å². The highest BCUT2D eigenvalue weighted by Gasteiger charge is 2.33. The van der Waals surface area contributed by atoms with Crippen LogP contribution in [0.25, 0.3) is 0 Å². The van der Waals surface area contributed by atoms with Crippen molar-refractivity contribution in [2.24, 2.45) is 10.9 Å². The van der Waals surface area contributed by atoms with Gasteiger partial charge < -0.3 is 15.0 Å². The molecule has 0 bridgehead atoms. The lowest BCUT2D eigenvalue weighted by Gasteiger charge is -2.35. The van der Waals surface area contributed by atoms with Crippen molar-refractivity contribution in [1.82, 2.24) is 10.2 Å². The van der Waals surface area contributed by atoms with E-state index in [2.05, 4.69) is 17.0 Å². The van der Waals surface area contributed by atoms with Gasteiger partial charge in [-0.3, -0.25) is 9.79 Å². The summed E-state index contributed by atoms with van der Waals surface area (Å²) in [5.41, 5.74) is -0.532. The van der Waals surface area contributed by atoms with Gasteiger partial charge in [0, 0.05) is 20.5 Å². The van der Waals surface area contributed by atoms with E-state index in [1.54, 1.807) is 19.0 Å². The highest BCUT2D eigenvalue weighted by atomic mass is 16.6. The summed E-state index contributed by atoms with van der Waals surface area (Å²) < 4.78 is 5.30. The molecule has 0 aromatic heterocycles. The molecule has 1 aliphatic rings. The Morgan fingerprint density at radius 1 is 1.32 bits per heavy atom. The van der Waals surface area contributed by atoms with Gasteiger partial charge in [-0.25, -0.2) is 4.79 Å². The Kier molecular flexibility index (Phi) is 6.38. The summed E-state index contributed by atoms with van der Waals surface area (Å²) in [5.74, 6) is 0.374. The molecule has 126 valence electrons. The summed E-state index contributed by atoms with van der Waals surface area (Å²) >= 11 is 0. The van der Waals surface area contributed by atoms with E-state index < -0.39 is 11.7 Å². The molecule has 0 radical (unpaired) electrons. The molecular weight excluding hydrogens is 282 g/mol. The first kappa shape index (κ1) is 18.5. The molecule has 0 saturated heterocycles. The molecule has 1 fully saturated rings. The van der Waals surface area contributed by atoms with E-state index in [0.717, 1.165) is 19.3 Å². The first-order valence-corrected chi connectivity index (χ1v) is 7.78. The van der Waals surface area contributed by atoms with E-state index >= 15 is 0 Å². The summed E-state index contributed by atoms with van der Waals surface area (Å²) in [7, 11) is 3.52. The molecule has 1 rings (SSSR count). The van der Waals surface area contributed by atoms with Crippen LogP contribution in [0.3, 0.4) is 0 Å². The molecule has 6 heteroatoms. The van der Waals surface area contributed by atoms with Gasteiger partial charge >= 0.3 is 6.09 Å². The average Bonchev–Trinajstić information content (AvgIpc) is 2.36. The number of rotatable bonds is 4. The van der Waals surface area contributed by atoms with Crippen molar-refractivity contribution in [3.8, 4) is 0 Å². The largest absolute Gasteiger partial charge is 0.444 e. The molecule has 0 aromatic carbocycles. The maximum Gasteiger partial charge on any atom is 0.407 e. The van der Waals surface area contributed by atoms with Gasteiger partial charge in [0.25, 0.3) is 0 Å². The lowest BCUT2D eigenvalue weighted by atomic mass is 9.80. The van der Waals surface area contributed by atoms with Gasteiger partial charge in [-0.15, -0.1) is 0 Å². The fraction of sp³-hybridized carbons (Fsp3) is 0.812. The van der Waals surface area contributed by atoms with Crippen LogP contribution in [0.2, 0.25) is 0 Å². The normalized spacial score (nSPS) is 25.2. The van der Waals surface area contributed by atoms with Gasteiger partial charge in [0.05, 0.1) is 12.1 Å². The maximum absolute atomic E-state index is 12.0. The molecule has 1 saturated carbocycles. The Labute approximate surface area is 133 Å². The van der Waals surface area contributed by atoms with Crippen LogP contribution >= 0.6 is 0 Å². The number of nitrogens with zero attached hydrogens (tertiary/aromatic N) is 2. The lowest BCUT2D eigenvalue weighted by Crippen LogP contribution is -2.48. The van der Waals surface area contributed by atoms with Gasteiger partial charge in [0.2, 0.25) is 5.91 Å². The van der Waals surface area contributed by atoms with Crippen LogP contribution in [-0.2, 0) is 9.53 Å². The number of hydrogen-bond acceptors (Lipinski definition) is 4. The van der Waals surface area contributed by atoms with Gasteiger partial charge in [0.15, 0.2) is 0 Å². The molecule has 1 aliphatic carbocycles. The fourth-order valence-electron chi connectivity index (χ4n) is 2.69. The van der Waals surface area contributed by atoms with E-state index in [9.17, 15) is 9.59 Å². The van der Waals surface area contributed by atoms with Crippen LogP contribution in [0.5, 0.6) is 0 Å². The molecule has 2 amide bonds. The minimum atomic E-state index is -0.532. The van der Waals surface area contributed by atoms with E-state index in [1.807, 2.05) is 20.8 Å². The van der Waals surface area contributed by atoms with Crippen LogP contribution in [0.15, 0.2) is 4.99 Å². The quantitative estimate of drug-likeness (QED) is 0.809. The van der Waals surface area contributed by atoms with E-state index in [0.29, 0.717) is 6.42 Å². The molecule has 0 aliphatic heterocycles. The SMILES string of the molecule is C=N[C@H]1CC[C@H](CC(=O)N(C)C)C[C@H]1NC(=O)OC(C)(C)C. The van der Waals surface area contributed by atoms with Crippen molar-refractivity contribution in [3.63, 3.8) is 0 Å². The Morgan fingerprint density at radius 3 is 2.45 bits per heavy atom. The molecule has 0 aromatic rings. The van der Waals surface area contributed by atoms with Crippen molar-refractivity contribution in [1.29, 1.82) is 0 Å². The highest BCUT2D eigenvalue weighted by Crippen LogP contribution is 2.29. The Hall–Kier alpha value is -1.59. The number of ether oxygens (including phenoxy) is 1. The predicted octanol–water partition coefficient (Wildman–Crippen LogP) is 2.23. The number of amides is 2. The van der Waals surface area contributed by atoms with Crippen molar-refractivity contribution in [2.75, 3.05) is 14.1 Å². The van der Waals surface area contributed by atoms with Gasteiger partial charge in [-0.1, -0.05) is 0 Å². The first-order chi connectivity index (χ1) is 10.1. The number of carbonyl (C=O) groups is 2. The highest BCUT2D eigenvalue weighted by molar-refractivity contribution is 5.75. The molecule has 0 heterocycles. The monoisotopic (exact) mass is 311 g/mol. The van der Waals surface area contributed by atoms with E-state index in [1.165, 1.54) is 0 Å². The summed E-state index contributed by atoms with van der Waals surface area (Å²) in [4.78, 5) is 29.5. The topological polar surface area (TPSA) is 71.0 Å². The molecule has 3 atom stereocenters. The van der Waals surface area contributed by atoms with E-state index in [-0.39, 0.29) is 23.9 Å². The zero-order valence-electron chi connectivity index (χ0n) is 14.4. The van der Waals surface area contributed by atoms with E-state index in [4.69, 9.17) is 4.74 Å². The molecule has 6 nitrogen and oxygen atoms in total. The number of alkyl carbamates (subject to hydrolysis) is 1. The second-order valence-corrected chi connectivity index (χ2v) is 7.17. The summed E-state index contributed by atoms with van der Waals surface area (Å²) in [5, 5.41) is 2.89. The fourth-order valence-corrected chi connectivity index (χ4v) is 2.69. The molecular formula is C16H29N3O3. The third kappa shape index (κ3) is 6.03. The van der Waals surface area contributed by atoms with Crippen molar-refractivity contribution in [3.05, 3.63) is 0 Å². The third-order valence-corrected chi connectivity index (χ3v) is 3.82. The number of aliphatic imine (C=N–C) groups is 1. The minimum Gasteiger partial charge on any atom is -0.444 e. The Bertz CT molecular complexity index is 415. The van der Waals surface area contributed by atoms with Gasteiger partial charge in [-0.2, -0.15) is 0 Å². The van der Waals surface area contributed by atoms with Crippen LogP contribution in [-0.4, -0.2) is 55.4 Å². The van der Waals surface area contributed by atoms with Gasteiger partial charge in [0.1, 0.15) is 5.60 Å². The predicted molar refractivity (Wildman–Crippen MR) is 87.1 cm³/mol. The second-order valence-electron chi connectivity index (χ2n) is 7.17. The number of carbonyl (C=O) groups excluding carboxylic acids is 2. The maximum atomic E-state index is 12.0. The third-order valence-electron chi connectivity index (χ3n) is 3.82. The Morgan fingerprint density at radius 2 is 1.95 bits per heavy atom. The summed E-state index contributed by atoms with van der Waals surface area (Å²) in [6.45, 7) is 9.10. The molecule has 0 spiro atoms. The summed E-state index contributed by atoms with van der Waals surface area (Å²) in [6, 6.07) is -0.140. The lowest BCUT2D eigenvalue weighted by molar-refractivity contribution is -0.130. The first-order valence-electron chi connectivity index (χ1n) is 7.78. The zero-order valence-corrected chi connectivity index (χ0v) is 14.4. The van der Waals surface area contributed by atoms with Crippen molar-refractivity contribution in [2.45, 2.75) is 64.1 Å². The van der Waals surface area contributed by atoms with Crippen LogP contribution in [0.1, 0.15) is 46.5 Å². The van der Waals surface area contributed by atoms with Gasteiger partial charge in [-0.05, 0) is 52.7 Å². The zero-order chi connectivity index (χ0) is 16.9. The number of hydrogen-bond donors (Lipinski definition) is 1. The summed E-state index contributed by atoms with van der Waals surface area (Å²) in [6.07, 6.45) is 2.54. The molecule has 1 N–H and O–H groups in total. The molecule has 22 heavy (non-hydrogen) atoms. The minimum absolute atomic E-state index is 0.0155.